The Labute approximate surface area is 135 Å². The van der Waals surface area contributed by atoms with Crippen LogP contribution in [0, 0.1) is 0 Å². The third kappa shape index (κ3) is 4.71. The maximum Gasteiger partial charge on any atom is 0.336 e. The van der Waals surface area contributed by atoms with Crippen molar-refractivity contribution in [2.24, 2.45) is 0 Å². The first kappa shape index (κ1) is 16.2. The lowest BCUT2D eigenvalue weighted by molar-refractivity contribution is -0.128. The van der Waals surface area contributed by atoms with E-state index in [9.17, 15) is 4.79 Å². The number of hydrogen-bond acceptors (Lipinski definition) is 3. The molecule has 2 aromatic rings. The van der Waals surface area contributed by atoms with Crippen molar-refractivity contribution >= 4 is 17.3 Å². The molecule has 0 aliphatic rings. The number of carbonyl (C=O) groups is 1. The molecule has 0 amide bonds. The number of thiophene rings is 1. The van der Waals surface area contributed by atoms with Crippen molar-refractivity contribution in [1.82, 2.24) is 0 Å². The van der Waals surface area contributed by atoms with Crippen LogP contribution in [0.2, 0.25) is 0 Å². The fraction of sp³-hybridized carbons (Fsp3) is 0.211. The summed E-state index contributed by atoms with van der Waals surface area (Å²) >= 11 is 1.82. The van der Waals surface area contributed by atoms with Crippen LogP contribution in [0.1, 0.15) is 25.1 Å². The lowest BCUT2D eigenvalue weighted by atomic mass is 10.2. The Morgan fingerprint density at radius 2 is 1.91 bits per heavy atom. The summed E-state index contributed by atoms with van der Waals surface area (Å²) in [6.45, 7) is 4.08. The zero-order valence-electron chi connectivity index (χ0n) is 12.9. The Morgan fingerprint density at radius 3 is 2.59 bits per heavy atom. The zero-order valence-corrected chi connectivity index (χ0v) is 13.7. The molecule has 3 heteroatoms. The SMILES string of the molecule is C/C=C/C=C/C(=O)Oc1ccc(-c2ccc(CCC)s2)cc1. The first-order valence-electron chi connectivity index (χ1n) is 7.43. The predicted octanol–water partition coefficient (Wildman–Crippen LogP) is 5.41. The highest BCUT2D eigenvalue weighted by Crippen LogP contribution is 2.30. The van der Waals surface area contributed by atoms with Gasteiger partial charge in [-0.2, -0.15) is 0 Å². The smallest absolute Gasteiger partial charge is 0.336 e. The average Bonchev–Trinajstić information content (AvgIpc) is 2.97. The van der Waals surface area contributed by atoms with Gasteiger partial charge in [0.1, 0.15) is 5.75 Å². The van der Waals surface area contributed by atoms with Crippen LogP contribution in [-0.2, 0) is 11.2 Å². The quantitative estimate of drug-likeness (QED) is 0.309. The molecule has 0 saturated heterocycles. The van der Waals surface area contributed by atoms with E-state index in [4.69, 9.17) is 4.74 Å². The Balaban J connectivity index is 2.01. The molecule has 0 fully saturated rings. The second kappa shape index (κ2) is 8.35. The van der Waals surface area contributed by atoms with E-state index in [2.05, 4.69) is 19.1 Å². The summed E-state index contributed by atoms with van der Waals surface area (Å²) in [5, 5.41) is 0. The molecule has 0 atom stereocenters. The molecule has 0 radical (unpaired) electrons. The number of esters is 1. The van der Waals surface area contributed by atoms with Crippen LogP contribution >= 0.6 is 11.3 Å². The summed E-state index contributed by atoms with van der Waals surface area (Å²) in [6.07, 6.45) is 9.00. The van der Waals surface area contributed by atoms with Crippen LogP contribution in [-0.4, -0.2) is 5.97 Å². The molecular formula is C19H20O2S. The minimum atomic E-state index is -0.368. The van der Waals surface area contributed by atoms with Gasteiger partial charge in [0.2, 0.25) is 0 Å². The second-order valence-electron chi connectivity index (χ2n) is 4.85. The predicted molar refractivity (Wildman–Crippen MR) is 93.3 cm³/mol. The fourth-order valence-corrected chi connectivity index (χ4v) is 3.11. The van der Waals surface area contributed by atoms with Crippen LogP contribution in [0.3, 0.4) is 0 Å². The first-order valence-corrected chi connectivity index (χ1v) is 8.25. The largest absolute Gasteiger partial charge is 0.423 e. The second-order valence-corrected chi connectivity index (χ2v) is 6.01. The van der Waals surface area contributed by atoms with Crippen molar-refractivity contribution in [1.29, 1.82) is 0 Å². The molecule has 22 heavy (non-hydrogen) atoms. The van der Waals surface area contributed by atoms with Crippen molar-refractivity contribution in [3.63, 3.8) is 0 Å². The number of benzene rings is 1. The van der Waals surface area contributed by atoms with Gasteiger partial charge in [0.25, 0.3) is 0 Å². The summed E-state index contributed by atoms with van der Waals surface area (Å²) in [5.41, 5.74) is 1.15. The molecule has 1 aromatic carbocycles. The third-order valence-electron chi connectivity index (χ3n) is 3.05. The van der Waals surface area contributed by atoms with E-state index < -0.39 is 0 Å². The molecule has 114 valence electrons. The highest BCUT2D eigenvalue weighted by molar-refractivity contribution is 7.15. The highest BCUT2D eigenvalue weighted by atomic mass is 32.1. The summed E-state index contributed by atoms with van der Waals surface area (Å²) < 4.78 is 5.24. The standard InChI is InChI=1S/C19H20O2S/c1-3-5-6-8-19(20)21-16-11-9-15(10-12-16)18-14-13-17(22-18)7-4-2/h3,5-6,8-14H,4,7H2,1-2H3/b5-3+,8-6+. The molecule has 0 spiro atoms. The number of ether oxygens (including phenoxy) is 1. The van der Waals surface area contributed by atoms with Crippen LogP contribution in [0.25, 0.3) is 10.4 Å². The molecule has 0 N–H and O–H groups in total. The number of carbonyl (C=O) groups excluding carboxylic acids is 1. The molecular weight excluding hydrogens is 292 g/mol. The van der Waals surface area contributed by atoms with Crippen molar-refractivity contribution in [3.8, 4) is 16.2 Å². The van der Waals surface area contributed by atoms with E-state index in [1.165, 1.54) is 15.8 Å². The zero-order chi connectivity index (χ0) is 15.8. The Hall–Kier alpha value is -2.13. The molecule has 2 rings (SSSR count). The van der Waals surface area contributed by atoms with Crippen LogP contribution in [0.4, 0.5) is 0 Å². The molecule has 0 unspecified atom stereocenters. The maximum absolute atomic E-state index is 11.6. The number of rotatable bonds is 6. The van der Waals surface area contributed by atoms with E-state index in [0.717, 1.165) is 18.4 Å². The van der Waals surface area contributed by atoms with E-state index in [1.54, 1.807) is 12.2 Å². The van der Waals surface area contributed by atoms with Gasteiger partial charge in [-0.25, -0.2) is 4.79 Å². The summed E-state index contributed by atoms with van der Waals surface area (Å²) in [7, 11) is 0. The molecule has 0 saturated carbocycles. The van der Waals surface area contributed by atoms with E-state index in [1.807, 2.05) is 48.6 Å². The monoisotopic (exact) mass is 312 g/mol. The van der Waals surface area contributed by atoms with Gasteiger partial charge in [-0.15, -0.1) is 11.3 Å². The normalized spacial score (nSPS) is 11.4. The molecule has 1 heterocycles. The molecule has 1 aromatic heterocycles. The van der Waals surface area contributed by atoms with Gasteiger partial charge in [0, 0.05) is 15.8 Å². The van der Waals surface area contributed by atoms with Crippen molar-refractivity contribution in [2.75, 3.05) is 0 Å². The summed E-state index contributed by atoms with van der Waals surface area (Å²) in [6, 6.07) is 12.0. The van der Waals surface area contributed by atoms with Gasteiger partial charge < -0.3 is 4.74 Å². The lowest BCUT2D eigenvalue weighted by Gasteiger charge is -2.02. The number of hydrogen-bond donors (Lipinski definition) is 0. The van der Waals surface area contributed by atoms with Crippen LogP contribution in [0.15, 0.2) is 60.7 Å². The summed E-state index contributed by atoms with van der Waals surface area (Å²) in [5.74, 6) is 0.191. The van der Waals surface area contributed by atoms with Gasteiger partial charge in [-0.1, -0.05) is 31.6 Å². The Morgan fingerprint density at radius 1 is 1.14 bits per heavy atom. The minimum absolute atomic E-state index is 0.368. The van der Waals surface area contributed by atoms with Gasteiger partial charge in [0.05, 0.1) is 0 Å². The molecule has 0 aliphatic heterocycles. The molecule has 2 nitrogen and oxygen atoms in total. The van der Waals surface area contributed by atoms with Crippen molar-refractivity contribution < 1.29 is 9.53 Å². The van der Waals surface area contributed by atoms with Gasteiger partial charge in [0.15, 0.2) is 0 Å². The molecule has 0 aliphatic carbocycles. The van der Waals surface area contributed by atoms with Gasteiger partial charge in [-0.3, -0.25) is 0 Å². The lowest BCUT2D eigenvalue weighted by Crippen LogP contribution is -2.03. The number of allylic oxidation sites excluding steroid dienone is 3. The maximum atomic E-state index is 11.6. The fourth-order valence-electron chi connectivity index (χ4n) is 2.00. The highest BCUT2D eigenvalue weighted by Gasteiger charge is 2.04. The van der Waals surface area contributed by atoms with Crippen molar-refractivity contribution in [2.45, 2.75) is 26.7 Å². The van der Waals surface area contributed by atoms with Crippen LogP contribution in [0.5, 0.6) is 5.75 Å². The minimum Gasteiger partial charge on any atom is -0.423 e. The van der Waals surface area contributed by atoms with Gasteiger partial charge in [-0.05, 0) is 55.3 Å². The topological polar surface area (TPSA) is 26.3 Å². The molecule has 0 bridgehead atoms. The van der Waals surface area contributed by atoms with Crippen molar-refractivity contribution in [3.05, 3.63) is 65.6 Å². The van der Waals surface area contributed by atoms with E-state index in [-0.39, 0.29) is 5.97 Å². The first-order chi connectivity index (χ1) is 10.7. The average molecular weight is 312 g/mol. The van der Waals surface area contributed by atoms with Crippen LogP contribution < -0.4 is 4.74 Å². The van der Waals surface area contributed by atoms with Gasteiger partial charge >= 0.3 is 5.97 Å². The summed E-state index contributed by atoms with van der Waals surface area (Å²) in [4.78, 5) is 14.2. The van der Waals surface area contributed by atoms with E-state index in [0.29, 0.717) is 5.75 Å². The third-order valence-corrected chi connectivity index (χ3v) is 4.25. The number of aryl methyl sites for hydroxylation is 1. The van der Waals surface area contributed by atoms with E-state index >= 15 is 0 Å². The Kier molecular flexibility index (Phi) is 6.16. The Bertz CT molecular complexity index is 663.